The van der Waals surface area contributed by atoms with Gasteiger partial charge in [0.1, 0.15) is 12.4 Å². The fourth-order valence-corrected chi connectivity index (χ4v) is 3.55. The van der Waals surface area contributed by atoms with Gasteiger partial charge in [-0.25, -0.2) is 4.39 Å². The van der Waals surface area contributed by atoms with E-state index in [9.17, 15) is 19.8 Å². The summed E-state index contributed by atoms with van der Waals surface area (Å²) in [5.41, 5.74) is 1.61. The molecule has 0 spiro atoms. The Bertz CT molecular complexity index is 1220. The van der Waals surface area contributed by atoms with E-state index in [2.05, 4.69) is 22.0 Å². The van der Waals surface area contributed by atoms with Crippen molar-refractivity contribution in [3.63, 3.8) is 0 Å². The topological polar surface area (TPSA) is 85.4 Å². The minimum absolute atomic E-state index is 0.0116. The lowest BCUT2D eigenvalue weighted by molar-refractivity contribution is -0.384. The number of rotatable bonds is 8. The largest absolute Gasteiger partial charge is 0.490 e. The van der Waals surface area contributed by atoms with E-state index in [1.807, 2.05) is 6.92 Å². The van der Waals surface area contributed by atoms with Crippen molar-refractivity contribution in [2.24, 2.45) is 0 Å². The molecular weight excluding hydrogens is 479 g/mol. The lowest BCUT2D eigenvalue weighted by Gasteiger charge is -2.15. The van der Waals surface area contributed by atoms with E-state index >= 15 is 0 Å². The zero-order valence-electron chi connectivity index (χ0n) is 17.0. The monoisotopic (exact) mass is 496 g/mol. The predicted octanol–water partition coefficient (Wildman–Crippen LogP) is 6.54. The lowest BCUT2D eigenvalue weighted by Crippen LogP contribution is -2.02. The van der Waals surface area contributed by atoms with Crippen LogP contribution < -0.4 is 9.47 Å². The number of benzene rings is 3. The van der Waals surface area contributed by atoms with Crippen molar-refractivity contribution in [2.75, 3.05) is 6.61 Å². The molecule has 3 rings (SSSR count). The third kappa shape index (κ3) is 5.50. The van der Waals surface area contributed by atoms with Gasteiger partial charge in [-0.3, -0.25) is 10.1 Å². The molecule has 0 bridgehead atoms. The van der Waals surface area contributed by atoms with E-state index in [0.717, 1.165) is 0 Å². The van der Waals surface area contributed by atoms with Crippen LogP contribution in [0.2, 0.25) is 0 Å². The maximum Gasteiger partial charge on any atom is 0.270 e. The van der Waals surface area contributed by atoms with Crippen LogP contribution in [0.3, 0.4) is 0 Å². The van der Waals surface area contributed by atoms with Crippen LogP contribution in [0.4, 0.5) is 10.1 Å². The zero-order chi connectivity index (χ0) is 23.1. The van der Waals surface area contributed by atoms with E-state index < -0.39 is 4.92 Å². The summed E-state index contributed by atoms with van der Waals surface area (Å²) in [7, 11) is 0. The van der Waals surface area contributed by atoms with Crippen molar-refractivity contribution in [1.29, 1.82) is 5.26 Å². The highest BCUT2D eigenvalue weighted by atomic mass is 79.9. The Morgan fingerprint density at radius 3 is 2.66 bits per heavy atom. The summed E-state index contributed by atoms with van der Waals surface area (Å²) < 4.78 is 26.0. The summed E-state index contributed by atoms with van der Waals surface area (Å²) >= 11 is 3.46. The normalized spacial score (nSPS) is 11.0. The summed E-state index contributed by atoms with van der Waals surface area (Å²) in [5.74, 6) is 0.457. The molecule has 8 heteroatoms. The molecule has 0 aliphatic heterocycles. The molecule has 0 fully saturated rings. The van der Waals surface area contributed by atoms with Gasteiger partial charge in [-0.15, -0.1) is 0 Å². The number of hydrogen-bond acceptors (Lipinski definition) is 5. The summed E-state index contributed by atoms with van der Waals surface area (Å²) in [6.07, 6.45) is 1.60. The van der Waals surface area contributed by atoms with Gasteiger partial charge < -0.3 is 9.47 Å². The quantitative estimate of drug-likeness (QED) is 0.153. The fourth-order valence-electron chi connectivity index (χ4n) is 2.97. The molecule has 0 unspecified atom stereocenters. The maximum absolute atomic E-state index is 13.9. The average Bonchev–Trinajstić information content (AvgIpc) is 2.78. The van der Waals surface area contributed by atoms with Gasteiger partial charge in [0.2, 0.25) is 0 Å². The van der Waals surface area contributed by atoms with Crippen LogP contribution >= 0.6 is 15.9 Å². The molecule has 0 aromatic heterocycles. The molecular formula is C24H18BrFN2O4. The SMILES string of the molecule is CCOc1cc(C=C(C#N)c2cccc([N+](=O)[O-])c2)cc(Br)c1OCc1ccccc1F. The molecule has 3 aromatic rings. The first-order valence-corrected chi connectivity index (χ1v) is 10.4. The Labute approximate surface area is 192 Å². The van der Waals surface area contributed by atoms with E-state index in [4.69, 9.17) is 9.47 Å². The van der Waals surface area contributed by atoms with E-state index in [-0.39, 0.29) is 23.7 Å². The van der Waals surface area contributed by atoms with Gasteiger partial charge in [0.15, 0.2) is 11.5 Å². The minimum atomic E-state index is -0.510. The third-order valence-electron chi connectivity index (χ3n) is 4.46. The number of nitro benzene ring substituents is 1. The first-order chi connectivity index (χ1) is 15.4. The minimum Gasteiger partial charge on any atom is -0.490 e. The first kappa shape index (κ1) is 23.0. The number of ether oxygens (including phenoxy) is 2. The van der Waals surface area contributed by atoms with Crippen molar-refractivity contribution in [3.05, 3.63) is 97.8 Å². The third-order valence-corrected chi connectivity index (χ3v) is 5.05. The Morgan fingerprint density at radius 2 is 1.97 bits per heavy atom. The van der Waals surface area contributed by atoms with E-state index in [1.165, 1.54) is 24.3 Å². The van der Waals surface area contributed by atoms with Crippen molar-refractivity contribution in [2.45, 2.75) is 13.5 Å². The van der Waals surface area contributed by atoms with Crippen LogP contribution in [0.1, 0.15) is 23.6 Å². The number of nitro groups is 1. The number of halogens is 2. The molecule has 0 N–H and O–H groups in total. The average molecular weight is 497 g/mol. The maximum atomic E-state index is 13.9. The van der Waals surface area contributed by atoms with Crippen LogP contribution in [0.5, 0.6) is 11.5 Å². The molecule has 6 nitrogen and oxygen atoms in total. The highest BCUT2D eigenvalue weighted by molar-refractivity contribution is 9.10. The smallest absolute Gasteiger partial charge is 0.270 e. The van der Waals surface area contributed by atoms with Gasteiger partial charge in [0.25, 0.3) is 5.69 Å². The van der Waals surface area contributed by atoms with Crippen molar-refractivity contribution >= 4 is 33.3 Å². The number of nitrogens with zero attached hydrogens (tertiary/aromatic N) is 2. The molecule has 0 radical (unpaired) electrons. The highest BCUT2D eigenvalue weighted by Gasteiger charge is 2.14. The number of non-ortho nitro benzene ring substituents is 1. The first-order valence-electron chi connectivity index (χ1n) is 9.62. The van der Waals surface area contributed by atoms with Crippen molar-refractivity contribution in [1.82, 2.24) is 0 Å². The molecule has 162 valence electrons. The molecule has 32 heavy (non-hydrogen) atoms. The fraction of sp³-hybridized carbons (Fsp3) is 0.125. The second kappa shape index (κ2) is 10.6. The predicted molar refractivity (Wildman–Crippen MR) is 123 cm³/mol. The Balaban J connectivity index is 1.95. The molecule has 0 amide bonds. The van der Waals surface area contributed by atoms with Crippen LogP contribution in [0, 0.1) is 27.3 Å². The summed E-state index contributed by atoms with van der Waals surface area (Å²) in [4.78, 5) is 10.5. The molecule has 0 aliphatic rings. The van der Waals surface area contributed by atoms with Crippen LogP contribution in [-0.4, -0.2) is 11.5 Å². The van der Waals surface area contributed by atoms with Crippen molar-refractivity contribution in [3.8, 4) is 17.6 Å². The molecule has 0 aliphatic carbocycles. The van der Waals surface area contributed by atoms with E-state index in [1.54, 1.807) is 42.5 Å². The molecule has 3 aromatic carbocycles. The van der Waals surface area contributed by atoms with Gasteiger partial charge in [-0.05, 0) is 58.3 Å². The highest BCUT2D eigenvalue weighted by Crippen LogP contribution is 2.38. The molecule has 0 heterocycles. The van der Waals surface area contributed by atoms with Gasteiger partial charge in [-0.2, -0.15) is 5.26 Å². The molecule has 0 saturated carbocycles. The Morgan fingerprint density at radius 1 is 1.19 bits per heavy atom. The Hall–Kier alpha value is -3.70. The molecule has 0 atom stereocenters. The van der Waals surface area contributed by atoms with Gasteiger partial charge in [0.05, 0.1) is 27.6 Å². The molecule has 0 saturated heterocycles. The second-order valence-electron chi connectivity index (χ2n) is 6.62. The lowest BCUT2D eigenvalue weighted by atomic mass is 10.0. The van der Waals surface area contributed by atoms with Crippen molar-refractivity contribution < 1.29 is 18.8 Å². The standard InChI is InChI=1S/C24H18BrFN2O4/c1-2-31-23-12-16(10-19(14-27)17-7-5-8-20(13-17)28(29)30)11-21(25)24(23)32-15-18-6-3-4-9-22(18)26/h3-13H,2,15H2,1H3. The number of nitriles is 1. The zero-order valence-corrected chi connectivity index (χ0v) is 18.6. The van der Waals surface area contributed by atoms with Gasteiger partial charge in [-0.1, -0.05) is 30.3 Å². The number of hydrogen-bond donors (Lipinski definition) is 0. The van der Waals surface area contributed by atoms with Gasteiger partial charge in [0, 0.05) is 17.7 Å². The van der Waals surface area contributed by atoms with E-state index in [0.29, 0.717) is 39.3 Å². The van der Waals surface area contributed by atoms with Crippen LogP contribution in [0.25, 0.3) is 11.6 Å². The van der Waals surface area contributed by atoms with Crippen LogP contribution in [0.15, 0.2) is 65.1 Å². The second-order valence-corrected chi connectivity index (χ2v) is 7.47. The number of allylic oxidation sites excluding steroid dienone is 1. The summed E-state index contributed by atoms with van der Waals surface area (Å²) in [6.45, 7) is 2.20. The Kier molecular flexibility index (Phi) is 7.58. The van der Waals surface area contributed by atoms with Gasteiger partial charge >= 0.3 is 0 Å². The summed E-state index contributed by atoms with van der Waals surface area (Å²) in [5, 5.41) is 20.7. The van der Waals surface area contributed by atoms with Crippen LogP contribution in [-0.2, 0) is 6.61 Å². The summed E-state index contributed by atoms with van der Waals surface area (Å²) in [6, 6.07) is 17.7.